The lowest BCUT2D eigenvalue weighted by Crippen LogP contribution is -2.19. The molecule has 0 saturated carbocycles. The molecular weight excluding hydrogens is 268 g/mol. The van der Waals surface area contributed by atoms with Crippen molar-refractivity contribution in [2.45, 2.75) is 13.1 Å². The number of amides is 1. The fourth-order valence-electron chi connectivity index (χ4n) is 1.65. The lowest BCUT2D eigenvalue weighted by atomic mass is 10.3. The highest BCUT2D eigenvalue weighted by atomic mass is 19.1. The molecule has 106 valence electrons. The van der Waals surface area contributed by atoms with Gasteiger partial charge in [-0.2, -0.15) is 0 Å². The molecule has 0 bridgehead atoms. The van der Waals surface area contributed by atoms with Crippen LogP contribution in [0.4, 0.5) is 14.5 Å². The molecule has 2 aromatic rings. The van der Waals surface area contributed by atoms with Crippen molar-refractivity contribution in [3.8, 4) is 0 Å². The van der Waals surface area contributed by atoms with E-state index < -0.39 is 17.5 Å². The largest absolute Gasteiger partial charge is 0.324 e. The lowest BCUT2D eigenvalue weighted by Gasteiger charge is -2.05. The number of carbonyl (C=O) groups excluding carboxylic acids is 1. The summed E-state index contributed by atoms with van der Waals surface area (Å²) in [7, 11) is 1.77. The maximum atomic E-state index is 13.0. The van der Waals surface area contributed by atoms with E-state index >= 15 is 0 Å². The van der Waals surface area contributed by atoms with Crippen molar-refractivity contribution in [3.05, 3.63) is 41.7 Å². The number of nitrogens with one attached hydrogen (secondary N) is 2. The minimum Gasteiger partial charge on any atom is -0.324 e. The summed E-state index contributed by atoms with van der Waals surface area (Å²) in [4.78, 5) is 11.7. The Morgan fingerprint density at radius 2 is 2.00 bits per heavy atom. The summed E-state index contributed by atoms with van der Waals surface area (Å²) in [5, 5.41) is 12.9. The van der Waals surface area contributed by atoms with Crippen molar-refractivity contribution in [2.75, 3.05) is 12.4 Å². The average Bonchev–Trinajstić information content (AvgIpc) is 2.75. The first kappa shape index (κ1) is 14.1. The first-order valence-electron chi connectivity index (χ1n) is 5.86. The zero-order chi connectivity index (χ0) is 14.5. The van der Waals surface area contributed by atoms with Crippen molar-refractivity contribution >= 4 is 11.6 Å². The smallest absolute Gasteiger partial charge is 0.246 e. The summed E-state index contributed by atoms with van der Waals surface area (Å²) in [5.74, 6) is -1.95. The normalized spacial score (nSPS) is 10.6. The minimum atomic E-state index is -0.752. The highest BCUT2D eigenvalue weighted by molar-refractivity contribution is 5.90. The number of hydrogen-bond acceptors (Lipinski definition) is 4. The van der Waals surface area contributed by atoms with Crippen LogP contribution >= 0.6 is 0 Å². The molecule has 0 aliphatic heterocycles. The third-order valence-electron chi connectivity index (χ3n) is 2.40. The van der Waals surface area contributed by atoms with Gasteiger partial charge in [-0.05, 0) is 19.2 Å². The van der Waals surface area contributed by atoms with Crippen LogP contribution in [0, 0.1) is 11.6 Å². The molecule has 0 unspecified atom stereocenters. The van der Waals surface area contributed by atoms with Crippen molar-refractivity contribution in [3.63, 3.8) is 0 Å². The van der Waals surface area contributed by atoms with Crippen LogP contribution in [0.25, 0.3) is 0 Å². The molecule has 2 rings (SSSR count). The molecule has 0 atom stereocenters. The van der Waals surface area contributed by atoms with E-state index in [1.54, 1.807) is 13.2 Å². The molecule has 20 heavy (non-hydrogen) atoms. The summed E-state index contributed by atoms with van der Waals surface area (Å²) in [6, 6.07) is 2.81. The zero-order valence-electron chi connectivity index (χ0n) is 10.7. The van der Waals surface area contributed by atoms with Crippen LogP contribution in [0.1, 0.15) is 5.69 Å². The molecule has 8 heteroatoms. The summed E-state index contributed by atoms with van der Waals surface area (Å²) in [6.07, 6.45) is 1.61. The van der Waals surface area contributed by atoms with Crippen LogP contribution in [0.15, 0.2) is 24.4 Å². The van der Waals surface area contributed by atoms with Gasteiger partial charge in [0.15, 0.2) is 0 Å². The number of aromatic nitrogens is 3. The molecule has 2 N–H and O–H groups in total. The number of anilines is 1. The van der Waals surface area contributed by atoms with E-state index in [4.69, 9.17) is 0 Å². The third kappa shape index (κ3) is 3.82. The van der Waals surface area contributed by atoms with Crippen molar-refractivity contribution in [2.24, 2.45) is 0 Å². The Kier molecular flexibility index (Phi) is 4.36. The van der Waals surface area contributed by atoms with E-state index in [1.165, 1.54) is 4.68 Å². The molecule has 1 heterocycles. The summed E-state index contributed by atoms with van der Waals surface area (Å²) in [6.45, 7) is 0.450. The molecular formula is C12H13F2N5O. The Morgan fingerprint density at radius 1 is 1.30 bits per heavy atom. The second-order valence-electron chi connectivity index (χ2n) is 4.14. The van der Waals surface area contributed by atoms with E-state index in [2.05, 4.69) is 20.9 Å². The van der Waals surface area contributed by atoms with Gasteiger partial charge in [0.25, 0.3) is 0 Å². The van der Waals surface area contributed by atoms with Gasteiger partial charge in [0.2, 0.25) is 5.91 Å². The number of rotatable bonds is 5. The molecule has 0 aliphatic carbocycles. The maximum Gasteiger partial charge on any atom is 0.246 e. The van der Waals surface area contributed by atoms with Crippen LogP contribution in [-0.4, -0.2) is 27.9 Å². The summed E-state index contributed by atoms with van der Waals surface area (Å²) >= 11 is 0. The number of carbonyl (C=O) groups is 1. The molecule has 0 saturated heterocycles. The predicted molar refractivity (Wildman–Crippen MR) is 67.8 cm³/mol. The highest BCUT2D eigenvalue weighted by Crippen LogP contribution is 2.12. The average molecular weight is 281 g/mol. The Bertz CT molecular complexity index is 593. The second-order valence-corrected chi connectivity index (χ2v) is 4.14. The van der Waals surface area contributed by atoms with E-state index in [-0.39, 0.29) is 12.2 Å². The van der Waals surface area contributed by atoms with Gasteiger partial charge in [0.05, 0.1) is 11.9 Å². The molecule has 1 aromatic carbocycles. The molecule has 0 aliphatic rings. The van der Waals surface area contributed by atoms with Gasteiger partial charge in [0, 0.05) is 18.3 Å². The number of benzene rings is 1. The molecule has 0 spiro atoms. The van der Waals surface area contributed by atoms with Crippen LogP contribution in [0.2, 0.25) is 0 Å². The first-order chi connectivity index (χ1) is 9.56. The monoisotopic (exact) mass is 281 g/mol. The first-order valence-corrected chi connectivity index (χ1v) is 5.86. The quantitative estimate of drug-likeness (QED) is 0.854. The third-order valence-corrected chi connectivity index (χ3v) is 2.40. The SMILES string of the molecule is CNCc1cn(CC(=O)Nc2cc(F)cc(F)c2)nn1. The molecule has 1 aromatic heterocycles. The van der Waals surface area contributed by atoms with E-state index in [0.29, 0.717) is 12.2 Å². The Labute approximate surface area is 113 Å². The zero-order valence-corrected chi connectivity index (χ0v) is 10.7. The van der Waals surface area contributed by atoms with E-state index in [1.807, 2.05) is 0 Å². The Morgan fingerprint density at radius 3 is 2.65 bits per heavy atom. The van der Waals surface area contributed by atoms with Gasteiger partial charge in [-0.1, -0.05) is 5.21 Å². The maximum absolute atomic E-state index is 13.0. The van der Waals surface area contributed by atoms with Gasteiger partial charge in [0.1, 0.15) is 18.2 Å². The van der Waals surface area contributed by atoms with Crippen molar-refractivity contribution in [1.82, 2.24) is 20.3 Å². The van der Waals surface area contributed by atoms with Gasteiger partial charge in [-0.25, -0.2) is 13.5 Å². The van der Waals surface area contributed by atoms with Gasteiger partial charge < -0.3 is 10.6 Å². The fraction of sp³-hybridized carbons (Fsp3) is 0.250. The van der Waals surface area contributed by atoms with Crippen LogP contribution in [0.5, 0.6) is 0 Å². The van der Waals surface area contributed by atoms with Crippen molar-refractivity contribution in [1.29, 1.82) is 0 Å². The minimum absolute atomic E-state index is 0.0584. The molecule has 0 radical (unpaired) electrons. The van der Waals surface area contributed by atoms with Gasteiger partial charge >= 0.3 is 0 Å². The standard InChI is InChI=1S/C12H13F2N5O/c1-15-5-11-6-19(18-17-11)7-12(20)16-10-3-8(13)2-9(14)4-10/h2-4,6,15H,5,7H2,1H3,(H,16,20). The summed E-state index contributed by atoms with van der Waals surface area (Å²) < 4.78 is 27.3. The Hall–Kier alpha value is -2.35. The molecule has 1 amide bonds. The van der Waals surface area contributed by atoms with Crippen LogP contribution in [0.3, 0.4) is 0 Å². The van der Waals surface area contributed by atoms with Crippen LogP contribution in [-0.2, 0) is 17.9 Å². The highest BCUT2D eigenvalue weighted by Gasteiger charge is 2.08. The summed E-state index contributed by atoms with van der Waals surface area (Å²) in [5.41, 5.74) is 0.750. The van der Waals surface area contributed by atoms with Crippen LogP contribution < -0.4 is 10.6 Å². The number of nitrogens with zero attached hydrogens (tertiary/aromatic N) is 3. The Balaban J connectivity index is 1.97. The second kappa shape index (κ2) is 6.20. The fourth-order valence-corrected chi connectivity index (χ4v) is 1.65. The molecule has 6 nitrogen and oxygen atoms in total. The lowest BCUT2D eigenvalue weighted by molar-refractivity contribution is -0.116. The van der Waals surface area contributed by atoms with E-state index in [0.717, 1.165) is 18.2 Å². The van der Waals surface area contributed by atoms with Gasteiger partial charge in [-0.15, -0.1) is 5.10 Å². The number of halogens is 2. The number of hydrogen-bond donors (Lipinski definition) is 2. The molecule has 0 fully saturated rings. The predicted octanol–water partition coefficient (Wildman–Crippen LogP) is 0.914. The topological polar surface area (TPSA) is 71.8 Å². The van der Waals surface area contributed by atoms with Gasteiger partial charge in [-0.3, -0.25) is 4.79 Å². The van der Waals surface area contributed by atoms with Crippen molar-refractivity contribution < 1.29 is 13.6 Å². The van der Waals surface area contributed by atoms with E-state index in [9.17, 15) is 13.6 Å².